The fraction of sp³-hybridized carbons (Fsp3) is 0.556. The number of halogens is 1. The van der Waals surface area contributed by atoms with Crippen LogP contribution in [-0.2, 0) is 11.3 Å². The second-order valence-electron chi connectivity index (χ2n) is 6.92. The maximum absolute atomic E-state index is 12.5. The van der Waals surface area contributed by atoms with Crippen molar-refractivity contribution in [2.24, 2.45) is 5.92 Å². The van der Waals surface area contributed by atoms with Crippen LogP contribution in [0.15, 0.2) is 18.2 Å². The van der Waals surface area contributed by atoms with Gasteiger partial charge in [-0.1, -0.05) is 11.6 Å². The first-order valence-electron chi connectivity index (χ1n) is 8.67. The zero-order valence-corrected chi connectivity index (χ0v) is 15.4. The number of fused-ring (bicyclic) bond motifs is 1. The largest absolute Gasteiger partial charge is 0.491 e. The molecule has 1 aromatic rings. The van der Waals surface area contributed by atoms with E-state index in [-0.39, 0.29) is 23.9 Å². The van der Waals surface area contributed by atoms with Crippen LogP contribution in [0.3, 0.4) is 0 Å². The summed E-state index contributed by atoms with van der Waals surface area (Å²) in [5.74, 6) is 1.11. The highest BCUT2D eigenvalue weighted by molar-refractivity contribution is 6.30. The van der Waals surface area contributed by atoms with E-state index >= 15 is 0 Å². The van der Waals surface area contributed by atoms with E-state index in [1.807, 2.05) is 30.9 Å². The van der Waals surface area contributed by atoms with E-state index < -0.39 is 0 Å². The molecule has 6 nitrogen and oxygen atoms in total. The first-order chi connectivity index (χ1) is 11.9. The average molecular weight is 366 g/mol. The Bertz CT molecular complexity index is 665. The van der Waals surface area contributed by atoms with Crippen LogP contribution in [0.5, 0.6) is 5.75 Å². The van der Waals surface area contributed by atoms with Gasteiger partial charge >= 0.3 is 6.03 Å². The molecule has 2 aliphatic rings. The molecule has 0 bridgehead atoms. The highest BCUT2D eigenvalue weighted by atomic mass is 35.5. The van der Waals surface area contributed by atoms with Gasteiger partial charge in [0.2, 0.25) is 5.91 Å². The number of likely N-dealkylation sites (tertiary alicyclic amines) is 1. The number of ether oxygens (including phenoxy) is 1. The summed E-state index contributed by atoms with van der Waals surface area (Å²) < 4.78 is 5.68. The Morgan fingerprint density at radius 1 is 1.44 bits per heavy atom. The third kappa shape index (κ3) is 4.18. The predicted molar refractivity (Wildman–Crippen MR) is 95.7 cm³/mol. The van der Waals surface area contributed by atoms with Crippen LogP contribution in [0.2, 0.25) is 5.02 Å². The monoisotopic (exact) mass is 365 g/mol. The lowest BCUT2D eigenvalue weighted by Gasteiger charge is -2.23. The molecular weight excluding hydrogens is 342 g/mol. The lowest BCUT2D eigenvalue weighted by Crippen LogP contribution is -2.42. The molecule has 3 rings (SSSR count). The van der Waals surface area contributed by atoms with Crippen LogP contribution in [0.1, 0.15) is 25.8 Å². The number of rotatable bonds is 3. The van der Waals surface area contributed by atoms with Crippen LogP contribution < -0.4 is 10.1 Å². The maximum Gasteiger partial charge on any atom is 0.317 e. The van der Waals surface area contributed by atoms with Gasteiger partial charge in [-0.25, -0.2) is 4.79 Å². The van der Waals surface area contributed by atoms with Crippen molar-refractivity contribution < 1.29 is 14.3 Å². The Labute approximate surface area is 153 Å². The number of nitrogens with one attached hydrogen (secondary N) is 1. The molecule has 0 unspecified atom stereocenters. The van der Waals surface area contributed by atoms with E-state index in [0.717, 1.165) is 11.3 Å². The van der Waals surface area contributed by atoms with E-state index in [1.54, 1.807) is 11.0 Å². The molecule has 136 valence electrons. The van der Waals surface area contributed by atoms with Gasteiger partial charge < -0.3 is 19.9 Å². The third-order valence-corrected chi connectivity index (χ3v) is 4.93. The molecule has 0 saturated carbocycles. The van der Waals surface area contributed by atoms with Gasteiger partial charge in [0, 0.05) is 42.1 Å². The standard InChI is InChI=1S/C18H24ClN3O3/c1-12(2)22-10-13(7-17(22)23)9-20-18(24)21-5-6-25-16-4-3-15(19)8-14(16)11-21/h3-4,8,12-13H,5-7,9-11H2,1-2H3,(H,20,24)/t13-/m0/s1. The summed E-state index contributed by atoms with van der Waals surface area (Å²) in [6.45, 7) is 6.66. The number of urea groups is 1. The highest BCUT2D eigenvalue weighted by Gasteiger charge is 2.31. The van der Waals surface area contributed by atoms with Crippen molar-refractivity contribution in [2.45, 2.75) is 32.9 Å². The number of carbonyl (C=O) groups excluding carboxylic acids is 2. The van der Waals surface area contributed by atoms with Crippen molar-refractivity contribution in [1.82, 2.24) is 15.1 Å². The zero-order chi connectivity index (χ0) is 18.0. The predicted octanol–water partition coefficient (Wildman–Crippen LogP) is 2.50. The number of hydrogen-bond acceptors (Lipinski definition) is 3. The zero-order valence-electron chi connectivity index (χ0n) is 14.6. The van der Waals surface area contributed by atoms with Gasteiger partial charge in [0.15, 0.2) is 0 Å². The van der Waals surface area contributed by atoms with Gasteiger partial charge in [-0.05, 0) is 32.0 Å². The van der Waals surface area contributed by atoms with Gasteiger partial charge in [0.1, 0.15) is 12.4 Å². The van der Waals surface area contributed by atoms with Crippen molar-refractivity contribution in [3.8, 4) is 5.75 Å². The van der Waals surface area contributed by atoms with Gasteiger partial charge in [-0.15, -0.1) is 0 Å². The Balaban J connectivity index is 1.56. The van der Waals surface area contributed by atoms with Crippen LogP contribution >= 0.6 is 11.6 Å². The Hall–Kier alpha value is -1.95. The van der Waals surface area contributed by atoms with Crippen molar-refractivity contribution >= 4 is 23.5 Å². The van der Waals surface area contributed by atoms with E-state index in [4.69, 9.17) is 16.3 Å². The first-order valence-corrected chi connectivity index (χ1v) is 9.05. The van der Waals surface area contributed by atoms with Gasteiger partial charge in [0.05, 0.1) is 13.1 Å². The maximum atomic E-state index is 12.5. The summed E-state index contributed by atoms with van der Waals surface area (Å²) in [6, 6.07) is 5.53. The summed E-state index contributed by atoms with van der Waals surface area (Å²) in [5, 5.41) is 3.59. The van der Waals surface area contributed by atoms with E-state index in [2.05, 4.69) is 5.32 Å². The fourth-order valence-electron chi connectivity index (χ4n) is 3.32. The molecular formula is C18H24ClN3O3. The van der Waals surface area contributed by atoms with Gasteiger partial charge in [-0.3, -0.25) is 4.79 Å². The normalized spacial score (nSPS) is 20.3. The van der Waals surface area contributed by atoms with Crippen molar-refractivity contribution in [1.29, 1.82) is 0 Å². The Morgan fingerprint density at radius 3 is 2.96 bits per heavy atom. The molecule has 25 heavy (non-hydrogen) atoms. The van der Waals surface area contributed by atoms with Crippen LogP contribution in [0, 0.1) is 5.92 Å². The van der Waals surface area contributed by atoms with Crippen LogP contribution in [0.4, 0.5) is 4.79 Å². The van der Waals surface area contributed by atoms with Crippen LogP contribution in [0.25, 0.3) is 0 Å². The number of amides is 3. The van der Waals surface area contributed by atoms with Crippen molar-refractivity contribution in [3.05, 3.63) is 28.8 Å². The summed E-state index contributed by atoms with van der Waals surface area (Å²) >= 11 is 6.05. The fourth-order valence-corrected chi connectivity index (χ4v) is 3.52. The van der Waals surface area contributed by atoms with Crippen molar-refractivity contribution in [2.75, 3.05) is 26.2 Å². The number of nitrogens with zero attached hydrogens (tertiary/aromatic N) is 2. The molecule has 7 heteroatoms. The molecule has 1 saturated heterocycles. The Kier molecular flexibility index (Phi) is 5.37. The number of hydrogen-bond donors (Lipinski definition) is 1. The summed E-state index contributed by atoms with van der Waals surface area (Å²) in [6.07, 6.45) is 0.500. The minimum Gasteiger partial charge on any atom is -0.491 e. The first kappa shape index (κ1) is 17.9. The van der Waals surface area contributed by atoms with Gasteiger partial charge in [-0.2, -0.15) is 0 Å². The summed E-state index contributed by atoms with van der Waals surface area (Å²) in [5.41, 5.74) is 0.905. The quantitative estimate of drug-likeness (QED) is 0.895. The summed E-state index contributed by atoms with van der Waals surface area (Å²) in [7, 11) is 0. The summed E-state index contributed by atoms with van der Waals surface area (Å²) in [4.78, 5) is 28.1. The molecule has 0 aliphatic carbocycles. The second-order valence-corrected chi connectivity index (χ2v) is 7.35. The van der Waals surface area contributed by atoms with E-state index in [1.165, 1.54) is 0 Å². The average Bonchev–Trinajstić information content (AvgIpc) is 2.81. The SMILES string of the molecule is CC(C)N1C[C@H](CNC(=O)N2CCOc3ccc(Cl)cc3C2)CC1=O. The molecule has 0 spiro atoms. The van der Waals surface area contributed by atoms with Gasteiger partial charge in [0.25, 0.3) is 0 Å². The third-order valence-electron chi connectivity index (χ3n) is 4.69. The topological polar surface area (TPSA) is 61.9 Å². The molecule has 3 amide bonds. The lowest BCUT2D eigenvalue weighted by atomic mass is 10.1. The Morgan fingerprint density at radius 2 is 2.24 bits per heavy atom. The molecule has 2 heterocycles. The minimum atomic E-state index is -0.133. The second kappa shape index (κ2) is 7.52. The smallest absolute Gasteiger partial charge is 0.317 e. The lowest BCUT2D eigenvalue weighted by molar-refractivity contribution is -0.129. The molecule has 1 fully saturated rings. The number of carbonyl (C=O) groups is 2. The molecule has 1 aromatic carbocycles. The highest BCUT2D eigenvalue weighted by Crippen LogP contribution is 2.26. The molecule has 0 radical (unpaired) electrons. The van der Waals surface area contributed by atoms with Crippen molar-refractivity contribution in [3.63, 3.8) is 0 Å². The molecule has 0 aromatic heterocycles. The number of benzene rings is 1. The molecule has 2 aliphatic heterocycles. The molecule has 1 atom stereocenters. The van der Waals surface area contributed by atoms with Crippen LogP contribution in [-0.4, -0.2) is 54.0 Å². The van der Waals surface area contributed by atoms with E-state index in [9.17, 15) is 9.59 Å². The molecule has 1 N–H and O–H groups in total. The van der Waals surface area contributed by atoms with E-state index in [0.29, 0.717) is 44.2 Å². The minimum absolute atomic E-state index is 0.133.